The number of aromatic nitrogens is 6. The number of benzene rings is 9. The second-order valence-electron chi connectivity index (χ2n) is 17.1. The molecule has 330 valence electrons. The lowest BCUT2D eigenvalue weighted by molar-refractivity contribution is 1.07. The first kappa shape index (κ1) is 42.2. The Balaban J connectivity index is 1.14. The summed E-state index contributed by atoms with van der Waals surface area (Å²) in [6, 6.07) is 81.6. The summed E-state index contributed by atoms with van der Waals surface area (Å²) in [5.41, 5.74) is 14.5. The van der Waals surface area contributed by atoms with E-state index in [9.17, 15) is 10.5 Å². The molecule has 0 radical (unpaired) electrons. The minimum absolute atomic E-state index is 0.551. The van der Waals surface area contributed by atoms with E-state index >= 15 is 0 Å². The van der Waals surface area contributed by atoms with E-state index < -0.39 is 0 Å². The zero-order valence-corrected chi connectivity index (χ0v) is 38.0. The second-order valence-corrected chi connectivity index (χ2v) is 17.1. The number of para-hydroxylation sites is 1. The van der Waals surface area contributed by atoms with Gasteiger partial charge in [0.25, 0.3) is 0 Å². The van der Waals surface area contributed by atoms with Crippen LogP contribution in [0.3, 0.4) is 0 Å². The molecule has 8 nitrogen and oxygen atoms in total. The molecule has 3 heterocycles. The predicted molar refractivity (Wildman–Crippen MR) is 283 cm³/mol. The van der Waals surface area contributed by atoms with Gasteiger partial charge in [-0.05, 0) is 77.9 Å². The van der Waals surface area contributed by atoms with Crippen LogP contribution in [0, 0.1) is 22.7 Å². The van der Waals surface area contributed by atoms with E-state index in [-0.39, 0.29) is 0 Å². The van der Waals surface area contributed by atoms with E-state index in [4.69, 9.17) is 24.9 Å². The van der Waals surface area contributed by atoms with Gasteiger partial charge in [0.15, 0.2) is 23.3 Å². The summed E-state index contributed by atoms with van der Waals surface area (Å²) in [5.74, 6) is 2.29. The van der Waals surface area contributed by atoms with Crippen LogP contribution in [-0.4, -0.2) is 29.5 Å². The molecule has 0 N–H and O–H groups in total. The minimum Gasteiger partial charge on any atom is -0.308 e. The fourth-order valence-corrected chi connectivity index (χ4v) is 9.27. The highest BCUT2D eigenvalue weighted by Crippen LogP contribution is 2.45. The molecule has 71 heavy (non-hydrogen) atoms. The maximum Gasteiger partial charge on any atom is 0.164 e. The highest BCUT2D eigenvalue weighted by Gasteiger charge is 2.24. The largest absolute Gasteiger partial charge is 0.308 e. The van der Waals surface area contributed by atoms with Crippen molar-refractivity contribution in [2.45, 2.75) is 0 Å². The van der Waals surface area contributed by atoms with Gasteiger partial charge in [-0.25, -0.2) is 24.9 Å². The Morgan fingerprint density at radius 3 is 1.17 bits per heavy atom. The van der Waals surface area contributed by atoms with Gasteiger partial charge < -0.3 is 4.57 Å². The molecule has 0 spiro atoms. The molecular formula is C63H38N8. The Labute approximate surface area is 409 Å². The normalized spacial score (nSPS) is 11.1. The average molecular weight is 907 g/mol. The van der Waals surface area contributed by atoms with E-state index in [1.165, 1.54) is 0 Å². The summed E-state index contributed by atoms with van der Waals surface area (Å²) in [5, 5.41) is 22.0. The Kier molecular flexibility index (Phi) is 10.8. The summed E-state index contributed by atoms with van der Waals surface area (Å²) < 4.78 is 2.33. The third kappa shape index (κ3) is 8.04. The summed E-state index contributed by atoms with van der Waals surface area (Å²) in [7, 11) is 0. The van der Waals surface area contributed by atoms with Gasteiger partial charge in [-0.2, -0.15) is 10.5 Å². The monoisotopic (exact) mass is 906 g/mol. The first-order chi connectivity index (χ1) is 35.1. The Morgan fingerprint density at radius 2 is 0.690 bits per heavy atom. The minimum atomic E-state index is 0.551. The number of nitrogens with zero attached hydrogens (tertiary/aromatic N) is 8. The number of rotatable bonds is 9. The van der Waals surface area contributed by atoms with Crippen molar-refractivity contribution in [1.29, 1.82) is 10.5 Å². The average Bonchev–Trinajstić information content (AvgIpc) is 3.78. The molecule has 0 saturated carbocycles. The quantitative estimate of drug-likeness (QED) is 0.142. The molecule has 12 rings (SSSR count). The summed E-state index contributed by atoms with van der Waals surface area (Å²) in [6.07, 6.45) is 0. The first-order valence-corrected chi connectivity index (χ1v) is 23.2. The van der Waals surface area contributed by atoms with Gasteiger partial charge in [0.1, 0.15) is 0 Å². The van der Waals surface area contributed by atoms with Crippen LogP contribution in [0.15, 0.2) is 231 Å². The molecule has 8 heteroatoms. The summed E-state index contributed by atoms with van der Waals surface area (Å²) in [6.45, 7) is 0. The molecule has 0 aliphatic heterocycles. The maximum absolute atomic E-state index is 9.95. The number of nitriles is 2. The molecule has 0 aliphatic carbocycles. The molecule has 3 aromatic heterocycles. The molecule has 0 bridgehead atoms. The van der Waals surface area contributed by atoms with Crippen molar-refractivity contribution in [3.05, 3.63) is 242 Å². The lowest BCUT2D eigenvalue weighted by Gasteiger charge is -2.21. The first-order valence-electron chi connectivity index (χ1n) is 23.2. The van der Waals surface area contributed by atoms with Crippen LogP contribution in [0.5, 0.6) is 0 Å². The zero-order valence-electron chi connectivity index (χ0n) is 38.0. The number of hydrogen-bond acceptors (Lipinski definition) is 7. The van der Waals surface area contributed by atoms with Gasteiger partial charge in [0.2, 0.25) is 0 Å². The Morgan fingerprint density at radius 1 is 0.296 bits per heavy atom. The highest BCUT2D eigenvalue weighted by molar-refractivity contribution is 6.12. The van der Waals surface area contributed by atoms with Gasteiger partial charge in [0.05, 0.1) is 51.4 Å². The molecule has 0 aliphatic rings. The molecule has 12 aromatic rings. The predicted octanol–water partition coefficient (Wildman–Crippen LogP) is 14.8. The molecule has 0 saturated heterocycles. The second kappa shape index (κ2) is 18.2. The van der Waals surface area contributed by atoms with Crippen LogP contribution >= 0.6 is 0 Å². The topological polar surface area (TPSA) is 117 Å². The fraction of sp³-hybridized carbons (Fsp3) is 0. The van der Waals surface area contributed by atoms with Crippen molar-refractivity contribution in [2.24, 2.45) is 0 Å². The van der Waals surface area contributed by atoms with Crippen molar-refractivity contribution < 1.29 is 0 Å². The molecular weight excluding hydrogens is 869 g/mol. The molecule has 0 atom stereocenters. The van der Waals surface area contributed by atoms with Crippen LogP contribution in [-0.2, 0) is 0 Å². The van der Waals surface area contributed by atoms with Gasteiger partial charge in [-0.15, -0.1) is 0 Å². The van der Waals surface area contributed by atoms with Crippen molar-refractivity contribution in [1.82, 2.24) is 29.5 Å². The number of fused-ring (bicyclic) bond motifs is 3. The molecule has 0 fully saturated rings. The van der Waals surface area contributed by atoms with E-state index in [1.54, 1.807) is 0 Å². The van der Waals surface area contributed by atoms with Gasteiger partial charge in [-0.1, -0.05) is 164 Å². The van der Waals surface area contributed by atoms with Crippen LogP contribution in [0.4, 0.5) is 0 Å². The van der Waals surface area contributed by atoms with E-state index in [0.29, 0.717) is 34.4 Å². The molecule has 0 amide bonds. The maximum atomic E-state index is 9.95. The van der Waals surface area contributed by atoms with E-state index in [1.807, 2.05) is 152 Å². The van der Waals surface area contributed by atoms with Crippen LogP contribution < -0.4 is 0 Å². The Hall–Kier alpha value is -10.2. The third-order valence-corrected chi connectivity index (χ3v) is 12.7. The highest BCUT2D eigenvalue weighted by atomic mass is 15.0. The van der Waals surface area contributed by atoms with Crippen LogP contribution in [0.2, 0.25) is 0 Å². The van der Waals surface area contributed by atoms with Gasteiger partial charge >= 0.3 is 0 Å². The summed E-state index contributed by atoms with van der Waals surface area (Å²) >= 11 is 0. The number of hydrogen-bond donors (Lipinski definition) is 0. The van der Waals surface area contributed by atoms with Crippen molar-refractivity contribution in [3.63, 3.8) is 0 Å². The molecule has 0 unspecified atom stereocenters. The Bertz CT molecular complexity index is 3830. The smallest absolute Gasteiger partial charge is 0.164 e. The van der Waals surface area contributed by atoms with Crippen molar-refractivity contribution in [3.8, 4) is 108 Å². The van der Waals surface area contributed by atoms with E-state index in [0.717, 1.165) is 94.5 Å². The standard InChI is InChI=1S/C63H38N8/c64-39-41-25-29-43(30-26-41)52-36-50(63-66-55(45-15-5-1-6-16-45)38-56(67-63)46-17-7-2-8-18-46)37-53(44-31-27-42(40-65)28-32-44)59(52)71-57-24-14-13-23-51(57)54-35-49(33-34-58(54)71)62-69-60(47-19-9-3-10-20-47)68-61(70-62)48-21-11-4-12-22-48/h1-38H. The lowest BCUT2D eigenvalue weighted by atomic mass is 9.91. The van der Waals surface area contributed by atoms with Gasteiger partial charge in [0, 0.05) is 55.3 Å². The van der Waals surface area contributed by atoms with Crippen LogP contribution in [0.25, 0.3) is 118 Å². The van der Waals surface area contributed by atoms with E-state index in [2.05, 4.69) is 95.6 Å². The fourth-order valence-electron chi connectivity index (χ4n) is 9.27. The zero-order chi connectivity index (χ0) is 47.7. The van der Waals surface area contributed by atoms with Gasteiger partial charge in [-0.3, -0.25) is 0 Å². The van der Waals surface area contributed by atoms with Crippen LogP contribution in [0.1, 0.15) is 11.1 Å². The third-order valence-electron chi connectivity index (χ3n) is 12.7. The lowest BCUT2D eigenvalue weighted by Crippen LogP contribution is -2.03. The van der Waals surface area contributed by atoms with Crippen molar-refractivity contribution in [2.75, 3.05) is 0 Å². The van der Waals surface area contributed by atoms with Crippen molar-refractivity contribution >= 4 is 21.8 Å². The molecule has 9 aromatic carbocycles. The summed E-state index contributed by atoms with van der Waals surface area (Å²) in [4.78, 5) is 25.7. The SMILES string of the molecule is N#Cc1ccc(-c2cc(-c3nc(-c4ccccc4)cc(-c4ccccc4)n3)cc(-c3ccc(C#N)cc3)c2-n2c3ccccc3c3cc(-c4nc(-c5ccccc5)nc(-c5ccccc5)n4)ccc32)cc1.